The molecule has 0 fully saturated rings. The van der Waals surface area contributed by atoms with Crippen LogP contribution in [0.5, 0.6) is 5.75 Å². The summed E-state index contributed by atoms with van der Waals surface area (Å²) in [5.41, 5.74) is 3.87. The van der Waals surface area contributed by atoms with E-state index in [0.717, 1.165) is 41.2 Å². The summed E-state index contributed by atoms with van der Waals surface area (Å²) < 4.78 is 5.94. The second-order valence-electron chi connectivity index (χ2n) is 8.40. The number of rotatable bonds is 12. The van der Waals surface area contributed by atoms with Crippen LogP contribution in [-0.4, -0.2) is 28.9 Å². The third kappa shape index (κ3) is 8.03. The number of ether oxygens (including phenoxy) is 1. The van der Waals surface area contributed by atoms with Crippen molar-refractivity contribution >= 4 is 34.6 Å². The molecular weight excluding hydrogens is 490 g/mol. The number of oxime groups is 1. The molecule has 2 N–H and O–H groups in total. The van der Waals surface area contributed by atoms with E-state index in [1.54, 1.807) is 0 Å². The van der Waals surface area contributed by atoms with E-state index >= 15 is 0 Å². The minimum Gasteiger partial charge on any atom is -0.487 e. The molecule has 0 spiro atoms. The fraction of sp³-hybridized carbons (Fsp3) is 0.207. The van der Waals surface area contributed by atoms with Crippen LogP contribution in [0.2, 0.25) is 5.02 Å². The molecule has 0 saturated carbocycles. The Hall–Kier alpha value is -3.94. The van der Waals surface area contributed by atoms with Gasteiger partial charge >= 0.3 is 0 Å². The van der Waals surface area contributed by atoms with E-state index in [2.05, 4.69) is 15.5 Å². The van der Waals surface area contributed by atoms with Crippen molar-refractivity contribution in [3.8, 4) is 5.75 Å². The Morgan fingerprint density at radius 3 is 2.59 bits per heavy atom. The van der Waals surface area contributed by atoms with Gasteiger partial charge in [0, 0.05) is 10.4 Å². The highest BCUT2D eigenvalue weighted by molar-refractivity contribution is 6.30. The van der Waals surface area contributed by atoms with Gasteiger partial charge in [0.2, 0.25) is 0 Å². The van der Waals surface area contributed by atoms with Gasteiger partial charge in [-0.3, -0.25) is 4.79 Å². The van der Waals surface area contributed by atoms with Crippen LogP contribution in [0.1, 0.15) is 35.8 Å². The largest absolute Gasteiger partial charge is 0.487 e. The summed E-state index contributed by atoms with van der Waals surface area (Å²) in [7, 11) is 0. The molecule has 0 radical (unpaired) electrons. The summed E-state index contributed by atoms with van der Waals surface area (Å²) in [6.45, 7) is -0.110. The molecule has 37 heavy (non-hydrogen) atoms. The van der Waals surface area contributed by atoms with Gasteiger partial charge in [-0.15, -0.1) is 0 Å². The van der Waals surface area contributed by atoms with Gasteiger partial charge in [0.15, 0.2) is 6.10 Å². The fourth-order valence-corrected chi connectivity index (χ4v) is 3.95. The van der Waals surface area contributed by atoms with E-state index in [1.165, 1.54) is 5.56 Å². The van der Waals surface area contributed by atoms with E-state index in [1.807, 2.05) is 84.9 Å². The zero-order chi connectivity index (χ0) is 25.9. The average Bonchev–Trinajstić information content (AvgIpc) is 2.92. The standard InChI is InChI=1S/C29H28ClN3O4/c30-24-13-8-21(9-14-24)4-3-7-28(37-32-18-29(35)31-20-34)23-11-16-26(17-12-23)36-19-25-15-10-22-5-1-2-6-27(22)33-25/h1-2,5-6,8-18,28,34H,3-4,7,19-20H2,(H,31,35)/b32-18+. The second-order valence-corrected chi connectivity index (χ2v) is 8.84. The number of benzene rings is 3. The van der Waals surface area contributed by atoms with Crippen LogP contribution in [0.25, 0.3) is 10.9 Å². The first kappa shape index (κ1) is 26.1. The topological polar surface area (TPSA) is 93.0 Å². The molecular formula is C29H28ClN3O4. The number of halogens is 1. The van der Waals surface area contributed by atoms with Crippen molar-refractivity contribution < 1.29 is 19.5 Å². The van der Waals surface area contributed by atoms with Crippen LogP contribution in [-0.2, 0) is 22.7 Å². The number of amides is 1. The number of para-hydroxylation sites is 1. The number of aliphatic hydroxyl groups excluding tert-OH is 1. The van der Waals surface area contributed by atoms with Crippen LogP contribution in [0.15, 0.2) is 90.1 Å². The minimum absolute atomic E-state index is 0.357. The quantitative estimate of drug-likeness (QED) is 0.145. The van der Waals surface area contributed by atoms with E-state index in [9.17, 15) is 4.79 Å². The van der Waals surface area contributed by atoms with Crippen LogP contribution >= 0.6 is 11.6 Å². The van der Waals surface area contributed by atoms with Crippen molar-refractivity contribution in [3.05, 3.63) is 107 Å². The van der Waals surface area contributed by atoms with Gasteiger partial charge in [0.1, 0.15) is 25.3 Å². The van der Waals surface area contributed by atoms with Crippen molar-refractivity contribution in [2.24, 2.45) is 5.16 Å². The Morgan fingerprint density at radius 2 is 1.81 bits per heavy atom. The number of carbonyl (C=O) groups is 1. The third-order valence-corrected chi connectivity index (χ3v) is 6.00. The molecule has 0 aliphatic carbocycles. The molecule has 4 rings (SSSR count). The number of hydrogen-bond acceptors (Lipinski definition) is 6. The second kappa shape index (κ2) is 13.4. The van der Waals surface area contributed by atoms with Gasteiger partial charge in [-0.25, -0.2) is 4.98 Å². The molecule has 1 amide bonds. The number of aromatic nitrogens is 1. The summed E-state index contributed by atoms with van der Waals surface area (Å²) in [5.74, 6) is 0.179. The molecule has 3 aromatic carbocycles. The Morgan fingerprint density at radius 1 is 1.03 bits per heavy atom. The normalized spacial score (nSPS) is 11.9. The molecule has 0 bridgehead atoms. The van der Waals surface area contributed by atoms with Gasteiger partial charge in [-0.05, 0) is 66.8 Å². The fourth-order valence-electron chi connectivity index (χ4n) is 3.82. The first-order valence-corrected chi connectivity index (χ1v) is 12.4. The van der Waals surface area contributed by atoms with Crippen LogP contribution < -0.4 is 10.1 Å². The first-order chi connectivity index (χ1) is 18.1. The molecule has 0 aliphatic rings. The lowest BCUT2D eigenvalue weighted by atomic mass is 10.0. The smallest absolute Gasteiger partial charge is 0.267 e. The van der Waals surface area contributed by atoms with E-state index in [4.69, 9.17) is 26.3 Å². The zero-order valence-electron chi connectivity index (χ0n) is 20.2. The van der Waals surface area contributed by atoms with Crippen molar-refractivity contribution in [3.63, 3.8) is 0 Å². The third-order valence-electron chi connectivity index (χ3n) is 5.75. The van der Waals surface area contributed by atoms with Crippen LogP contribution in [0, 0.1) is 0 Å². The Bertz CT molecular complexity index is 1330. The highest BCUT2D eigenvalue weighted by Gasteiger charge is 2.14. The van der Waals surface area contributed by atoms with E-state index < -0.39 is 12.6 Å². The maximum Gasteiger partial charge on any atom is 0.267 e. The minimum atomic E-state index is -0.534. The average molecular weight is 518 g/mol. The summed E-state index contributed by atoms with van der Waals surface area (Å²) in [5, 5.41) is 16.6. The number of fused-ring (bicyclic) bond motifs is 1. The molecule has 7 nitrogen and oxygen atoms in total. The molecule has 0 saturated heterocycles. The monoisotopic (exact) mass is 517 g/mol. The van der Waals surface area contributed by atoms with E-state index in [-0.39, 0.29) is 6.10 Å². The number of aryl methyl sites for hydroxylation is 1. The van der Waals surface area contributed by atoms with Crippen LogP contribution in [0.3, 0.4) is 0 Å². The van der Waals surface area contributed by atoms with Gasteiger partial charge in [-0.1, -0.05) is 65.3 Å². The molecule has 1 atom stereocenters. The summed E-state index contributed by atoms with van der Waals surface area (Å²) in [4.78, 5) is 21.9. The number of nitrogens with one attached hydrogen (secondary N) is 1. The maximum atomic E-state index is 11.6. The van der Waals surface area contributed by atoms with Crippen molar-refractivity contribution in [2.75, 3.05) is 6.73 Å². The lowest BCUT2D eigenvalue weighted by Gasteiger charge is -2.16. The number of carbonyl (C=O) groups excluding carboxylic acids is 1. The summed E-state index contributed by atoms with van der Waals surface area (Å²) in [6.07, 6.45) is 3.03. The van der Waals surface area contributed by atoms with Crippen LogP contribution in [0.4, 0.5) is 0 Å². The van der Waals surface area contributed by atoms with Crippen molar-refractivity contribution in [1.29, 1.82) is 0 Å². The predicted molar refractivity (Wildman–Crippen MR) is 144 cm³/mol. The van der Waals surface area contributed by atoms with E-state index in [0.29, 0.717) is 23.8 Å². The predicted octanol–water partition coefficient (Wildman–Crippen LogP) is 5.60. The van der Waals surface area contributed by atoms with Gasteiger partial charge in [0.05, 0.1) is 11.2 Å². The van der Waals surface area contributed by atoms with Crippen molar-refractivity contribution in [2.45, 2.75) is 32.0 Å². The molecule has 1 aromatic heterocycles. The highest BCUT2D eigenvalue weighted by Crippen LogP contribution is 2.27. The number of hydrogen-bond donors (Lipinski definition) is 2. The molecule has 190 valence electrons. The molecule has 1 unspecified atom stereocenters. The SMILES string of the molecule is O=C(/C=N/OC(CCCc1ccc(Cl)cc1)c1ccc(OCc2ccc3ccccc3n2)cc1)NCO. The maximum absolute atomic E-state index is 11.6. The highest BCUT2D eigenvalue weighted by atomic mass is 35.5. The molecule has 0 aliphatic heterocycles. The lowest BCUT2D eigenvalue weighted by Crippen LogP contribution is -2.25. The first-order valence-electron chi connectivity index (χ1n) is 12.0. The Labute approximate surface area is 220 Å². The summed E-state index contributed by atoms with van der Waals surface area (Å²) in [6, 6.07) is 27.4. The molecule has 8 heteroatoms. The molecule has 4 aromatic rings. The zero-order valence-corrected chi connectivity index (χ0v) is 21.0. The lowest BCUT2D eigenvalue weighted by molar-refractivity contribution is -0.115. The van der Waals surface area contributed by atoms with Gasteiger partial charge in [0.25, 0.3) is 5.91 Å². The number of nitrogens with zero attached hydrogens (tertiary/aromatic N) is 2. The Balaban J connectivity index is 1.38. The van der Waals surface area contributed by atoms with Crippen molar-refractivity contribution in [1.82, 2.24) is 10.3 Å². The summed E-state index contributed by atoms with van der Waals surface area (Å²) >= 11 is 5.98. The molecule has 1 heterocycles. The van der Waals surface area contributed by atoms with Gasteiger partial charge in [-0.2, -0.15) is 0 Å². The number of aliphatic hydroxyl groups is 1. The van der Waals surface area contributed by atoms with Gasteiger partial charge < -0.3 is 20.0 Å². The number of pyridine rings is 1. The Kier molecular flexibility index (Phi) is 9.46.